The van der Waals surface area contributed by atoms with Crippen LogP contribution in [0, 0.1) is 6.92 Å². The molecule has 2 aromatic rings. The molecule has 0 radical (unpaired) electrons. The van der Waals surface area contributed by atoms with Gasteiger partial charge in [-0.15, -0.1) is 0 Å². The molecule has 1 aliphatic heterocycles. The SMILES string of the molecule is Cc1onc(C(C)C)c1C(=O)NCc1ccnc(C2CCCOC2)n1. The van der Waals surface area contributed by atoms with E-state index >= 15 is 0 Å². The van der Waals surface area contributed by atoms with Crippen molar-refractivity contribution in [2.24, 2.45) is 0 Å². The molecule has 134 valence electrons. The maximum atomic E-state index is 12.5. The number of aryl methyl sites for hydroxylation is 1. The number of carbonyl (C=O) groups is 1. The Hall–Kier alpha value is -2.28. The molecule has 7 nitrogen and oxygen atoms in total. The van der Waals surface area contributed by atoms with E-state index in [4.69, 9.17) is 9.26 Å². The third-order valence-electron chi connectivity index (χ3n) is 4.35. The fourth-order valence-corrected chi connectivity index (χ4v) is 2.97. The van der Waals surface area contributed by atoms with Gasteiger partial charge in [0.1, 0.15) is 17.1 Å². The number of amides is 1. The van der Waals surface area contributed by atoms with Gasteiger partial charge in [-0.05, 0) is 31.7 Å². The van der Waals surface area contributed by atoms with Gasteiger partial charge in [-0.2, -0.15) is 0 Å². The van der Waals surface area contributed by atoms with Gasteiger partial charge < -0.3 is 14.6 Å². The molecule has 0 aromatic carbocycles. The van der Waals surface area contributed by atoms with Crippen LogP contribution >= 0.6 is 0 Å². The van der Waals surface area contributed by atoms with Crippen LogP contribution in [-0.2, 0) is 11.3 Å². The minimum absolute atomic E-state index is 0.121. The van der Waals surface area contributed by atoms with Crippen LogP contribution in [0.4, 0.5) is 0 Å². The molecule has 3 heterocycles. The minimum atomic E-state index is -0.191. The first-order valence-corrected chi connectivity index (χ1v) is 8.70. The van der Waals surface area contributed by atoms with E-state index in [1.807, 2.05) is 19.9 Å². The van der Waals surface area contributed by atoms with E-state index < -0.39 is 0 Å². The van der Waals surface area contributed by atoms with Crippen LogP contribution in [0.15, 0.2) is 16.8 Å². The van der Waals surface area contributed by atoms with Crippen LogP contribution in [0.1, 0.15) is 71.9 Å². The maximum absolute atomic E-state index is 12.5. The fourth-order valence-electron chi connectivity index (χ4n) is 2.97. The quantitative estimate of drug-likeness (QED) is 0.897. The largest absolute Gasteiger partial charge is 0.381 e. The van der Waals surface area contributed by atoms with Crippen molar-refractivity contribution in [1.29, 1.82) is 0 Å². The second-order valence-corrected chi connectivity index (χ2v) is 6.66. The molecule has 0 saturated carbocycles. The Bertz CT molecular complexity index is 736. The number of hydrogen-bond acceptors (Lipinski definition) is 6. The lowest BCUT2D eigenvalue weighted by molar-refractivity contribution is 0.0779. The summed E-state index contributed by atoms with van der Waals surface area (Å²) in [5.74, 6) is 1.48. The molecule has 1 saturated heterocycles. The highest BCUT2D eigenvalue weighted by atomic mass is 16.5. The Kier molecular flexibility index (Phi) is 5.43. The van der Waals surface area contributed by atoms with E-state index in [2.05, 4.69) is 20.4 Å². The van der Waals surface area contributed by atoms with Crippen molar-refractivity contribution in [2.45, 2.75) is 52.0 Å². The van der Waals surface area contributed by atoms with Crippen molar-refractivity contribution in [3.05, 3.63) is 40.8 Å². The van der Waals surface area contributed by atoms with Crippen LogP contribution in [0.2, 0.25) is 0 Å². The lowest BCUT2D eigenvalue weighted by Gasteiger charge is -2.20. The molecule has 1 atom stereocenters. The normalized spacial score (nSPS) is 17.7. The summed E-state index contributed by atoms with van der Waals surface area (Å²) < 4.78 is 10.7. The highest BCUT2D eigenvalue weighted by Crippen LogP contribution is 2.23. The van der Waals surface area contributed by atoms with E-state index in [1.165, 1.54) is 0 Å². The van der Waals surface area contributed by atoms with E-state index in [1.54, 1.807) is 13.1 Å². The van der Waals surface area contributed by atoms with Crippen LogP contribution in [0.3, 0.4) is 0 Å². The second kappa shape index (κ2) is 7.74. The fraction of sp³-hybridized carbons (Fsp3) is 0.556. The third kappa shape index (κ3) is 4.04. The first kappa shape index (κ1) is 17.5. The summed E-state index contributed by atoms with van der Waals surface area (Å²) >= 11 is 0. The highest BCUT2D eigenvalue weighted by molar-refractivity contribution is 5.96. The number of ether oxygens (including phenoxy) is 1. The summed E-state index contributed by atoms with van der Waals surface area (Å²) in [5, 5.41) is 6.90. The van der Waals surface area contributed by atoms with Gasteiger partial charge in [0.15, 0.2) is 0 Å². The summed E-state index contributed by atoms with van der Waals surface area (Å²) in [7, 11) is 0. The van der Waals surface area contributed by atoms with Gasteiger partial charge >= 0.3 is 0 Å². The molecule has 1 amide bonds. The summed E-state index contributed by atoms with van der Waals surface area (Å²) in [5.41, 5.74) is 1.98. The molecule has 1 unspecified atom stereocenters. The zero-order valence-electron chi connectivity index (χ0n) is 14.9. The first-order chi connectivity index (χ1) is 12.1. The summed E-state index contributed by atoms with van der Waals surface area (Å²) in [4.78, 5) is 21.5. The number of hydrogen-bond donors (Lipinski definition) is 1. The number of rotatable bonds is 5. The molecule has 0 bridgehead atoms. The van der Waals surface area contributed by atoms with Crippen LogP contribution in [0.25, 0.3) is 0 Å². The number of nitrogens with zero attached hydrogens (tertiary/aromatic N) is 3. The van der Waals surface area contributed by atoms with E-state index in [0.29, 0.717) is 30.2 Å². The average molecular weight is 344 g/mol. The van der Waals surface area contributed by atoms with Gasteiger partial charge in [-0.1, -0.05) is 19.0 Å². The molecular formula is C18H24N4O3. The van der Waals surface area contributed by atoms with Crippen molar-refractivity contribution in [1.82, 2.24) is 20.4 Å². The molecule has 0 aliphatic carbocycles. The second-order valence-electron chi connectivity index (χ2n) is 6.66. The van der Waals surface area contributed by atoms with Crippen LogP contribution < -0.4 is 5.32 Å². The molecule has 1 N–H and O–H groups in total. The zero-order valence-corrected chi connectivity index (χ0v) is 14.9. The molecule has 3 rings (SSSR count). The van der Waals surface area contributed by atoms with Crippen molar-refractivity contribution < 1.29 is 14.1 Å². The third-order valence-corrected chi connectivity index (χ3v) is 4.35. The topological polar surface area (TPSA) is 90.1 Å². The van der Waals surface area contributed by atoms with Crippen LogP contribution in [0.5, 0.6) is 0 Å². The standard InChI is InChI=1S/C18H24N4O3/c1-11(2)16-15(12(3)25-22-16)18(23)20-9-14-6-7-19-17(21-14)13-5-4-8-24-10-13/h6-7,11,13H,4-5,8-10H2,1-3H3,(H,20,23). The van der Waals surface area contributed by atoms with Gasteiger partial charge in [0.05, 0.1) is 24.5 Å². The molecule has 2 aromatic heterocycles. The number of aromatic nitrogens is 3. The van der Waals surface area contributed by atoms with Gasteiger partial charge in [-0.3, -0.25) is 4.79 Å². The predicted molar refractivity (Wildman–Crippen MR) is 91.3 cm³/mol. The summed E-state index contributed by atoms with van der Waals surface area (Å²) in [6.45, 7) is 7.52. The summed E-state index contributed by atoms with van der Waals surface area (Å²) in [6, 6.07) is 1.82. The molecule has 25 heavy (non-hydrogen) atoms. The highest BCUT2D eigenvalue weighted by Gasteiger charge is 2.22. The lowest BCUT2D eigenvalue weighted by atomic mass is 10.0. The zero-order chi connectivity index (χ0) is 17.8. The molecule has 1 aliphatic rings. The number of carbonyl (C=O) groups excluding carboxylic acids is 1. The Morgan fingerprint density at radius 1 is 1.44 bits per heavy atom. The molecule has 1 fully saturated rings. The lowest BCUT2D eigenvalue weighted by Crippen LogP contribution is -2.25. The maximum Gasteiger partial charge on any atom is 0.257 e. The Morgan fingerprint density at radius 3 is 3.00 bits per heavy atom. The predicted octanol–water partition coefficient (Wildman–Crippen LogP) is 2.72. The number of nitrogens with one attached hydrogen (secondary N) is 1. The van der Waals surface area contributed by atoms with Crippen LogP contribution in [-0.4, -0.2) is 34.2 Å². The Morgan fingerprint density at radius 2 is 2.28 bits per heavy atom. The van der Waals surface area contributed by atoms with E-state index in [0.717, 1.165) is 31.0 Å². The molecule has 7 heteroatoms. The molecule has 0 spiro atoms. The van der Waals surface area contributed by atoms with Gasteiger partial charge in [0, 0.05) is 18.7 Å². The van der Waals surface area contributed by atoms with Gasteiger partial charge in [-0.25, -0.2) is 9.97 Å². The van der Waals surface area contributed by atoms with Crippen molar-refractivity contribution in [3.63, 3.8) is 0 Å². The monoisotopic (exact) mass is 344 g/mol. The summed E-state index contributed by atoms with van der Waals surface area (Å²) in [6.07, 6.45) is 3.80. The van der Waals surface area contributed by atoms with Gasteiger partial charge in [0.25, 0.3) is 5.91 Å². The average Bonchev–Trinajstić information content (AvgIpc) is 3.03. The Balaban J connectivity index is 1.67. The first-order valence-electron chi connectivity index (χ1n) is 8.70. The smallest absolute Gasteiger partial charge is 0.257 e. The van der Waals surface area contributed by atoms with E-state index in [-0.39, 0.29) is 17.7 Å². The van der Waals surface area contributed by atoms with Gasteiger partial charge in [0.2, 0.25) is 0 Å². The Labute approximate surface area is 147 Å². The van der Waals surface area contributed by atoms with Crippen molar-refractivity contribution in [2.75, 3.05) is 13.2 Å². The molecular weight excluding hydrogens is 320 g/mol. The van der Waals surface area contributed by atoms with Crippen molar-refractivity contribution >= 4 is 5.91 Å². The van der Waals surface area contributed by atoms with Crippen molar-refractivity contribution in [3.8, 4) is 0 Å². The van der Waals surface area contributed by atoms with E-state index in [9.17, 15) is 4.79 Å². The minimum Gasteiger partial charge on any atom is -0.381 e.